The second-order valence-electron chi connectivity index (χ2n) is 6.21. The van der Waals surface area contributed by atoms with E-state index in [0.717, 1.165) is 16.1 Å². The van der Waals surface area contributed by atoms with Gasteiger partial charge in [0.1, 0.15) is 16.4 Å². The van der Waals surface area contributed by atoms with Crippen LogP contribution < -0.4 is 5.73 Å². The molecule has 0 bridgehead atoms. The number of halogens is 3. The van der Waals surface area contributed by atoms with E-state index in [1.165, 1.54) is 11.3 Å². The molecule has 2 N–H and O–H groups in total. The Labute approximate surface area is 180 Å². The van der Waals surface area contributed by atoms with Crippen LogP contribution in [0.5, 0.6) is 0 Å². The van der Waals surface area contributed by atoms with Crippen LogP contribution in [-0.4, -0.2) is 10.1 Å². The monoisotopic (exact) mass is 449 g/mol. The lowest BCUT2D eigenvalue weighted by Crippen LogP contribution is -2.13. The van der Waals surface area contributed by atoms with Gasteiger partial charge in [0.05, 0.1) is 11.1 Å². The van der Waals surface area contributed by atoms with Crippen LogP contribution in [0.4, 0.5) is 0 Å². The summed E-state index contributed by atoms with van der Waals surface area (Å²) in [5.74, 6) is 0.558. The normalized spacial score (nSPS) is 12.3. The largest absolute Gasteiger partial charge is 0.354 e. The summed E-state index contributed by atoms with van der Waals surface area (Å²) in [5.41, 5.74) is 9.49. The Morgan fingerprint density at radius 3 is 2.46 bits per heavy atom. The van der Waals surface area contributed by atoms with Crippen molar-refractivity contribution in [2.75, 3.05) is 0 Å². The van der Waals surface area contributed by atoms with Crippen LogP contribution in [0, 0.1) is 0 Å². The zero-order valence-corrected chi connectivity index (χ0v) is 17.5. The first kappa shape index (κ1) is 19.4. The molecule has 0 aliphatic carbocycles. The Hall–Kier alpha value is -1.89. The third kappa shape index (κ3) is 4.24. The highest BCUT2D eigenvalue weighted by atomic mass is 35.5. The van der Waals surface area contributed by atoms with Crippen molar-refractivity contribution in [2.45, 2.75) is 12.5 Å². The fraction of sp³-hybridized carbons (Fsp3) is 0.100. The molecule has 8 heteroatoms. The van der Waals surface area contributed by atoms with Gasteiger partial charge in [0, 0.05) is 27.1 Å². The highest BCUT2D eigenvalue weighted by Gasteiger charge is 2.17. The van der Waals surface area contributed by atoms with Crippen molar-refractivity contribution in [3.05, 3.63) is 79.5 Å². The maximum Gasteiger partial charge on any atom is 0.186 e. The lowest BCUT2D eigenvalue weighted by Gasteiger charge is -2.08. The lowest BCUT2D eigenvalue weighted by molar-refractivity contribution is 0.433. The molecule has 0 radical (unpaired) electrons. The molecule has 2 aromatic carbocycles. The van der Waals surface area contributed by atoms with E-state index in [9.17, 15) is 0 Å². The minimum atomic E-state index is -0.215. The minimum absolute atomic E-state index is 0.215. The van der Waals surface area contributed by atoms with Crippen molar-refractivity contribution in [2.24, 2.45) is 5.73 Å². The molecule has 142 valence electrons. The summed E-state index contributed by atoms with van der Waals surface area (Å²) in [4.78, 5) is 4.62. The molecule has 0 aliphatic rings. The van der Waals surface area contributed by atoms with Gasteiger partial charge in [0.15, 0.2) is 5.76 Å². The van der Waals surface area contributed by atoms with Crippen LogP contribution in [-0.2, 0) is 6.42 Å². The molecule has 0 fully saturated rings. The third-order valence-corrected chi connectivity index (χ3v) is 5.95. The molecule has 0 amide bonds. The number of hydrogen-bond acceptors (Lipinski definition) is 5. The summed E-state index contributed by atoms with van der Waals surface area (Å²) in [6, 6.07) is 14.5. The van der Waals surface area contributed by atoms with Gasteiger partial charge in [0.2, 0.25) is 0 Å². The summed E-state index contributed by atoms with van der Waals surface area (Å²) in [6.07, 6.45) is 0.673. The topological polar surface area (TPSA) is 64.9 Å². The second-order valence-corrected chi connectivity index (χ2v) is 8.38. The van der Waals surface area contributed by atoms with Crippen LogP contribution >= 0.6 is 46.1 Å². The van der Waals surface area contributed by atoms with Gasteiger partial charge < -0.3 is 10.3 Å². The van der Waals surface area contributed by atoms with Crippen molar-refractivity contribution in [1.82, 2.24) is 10.1 Å². The Bertz CT molecular complexity index is 1110. The highest BCUT2D eigenvalue weighted by molar-refractivity contribution is 7.10. The summed E-state index contributed by atoms with van der Waals surface area (Å²) < 4.78 is 5.46. The fourth-order valence-corrected chi connectivity index (χ4v) is 4.19. The fourth-order valence-electron chi connectivity index (χ4n) is 2.75. The molecule has 4 rings (SSSR count). The van der Waals surface area contributed by atoms with E-state index in [-0.39, 0.29) is 6.04 Å². The average Bonchev–Trinajstić information content (AvgIpc) is 3.33. The number of thiazole rings is 1. The summed E-state index contributed by atoms with van der Waals surface area (Å²) in [7, 11) is 0. The Morgan fingerprint density at radius 1 is 0.964 bits per heavy atom. The predicted octanol–water partition coefficient (Wildman–Crippen LogP) is 6.67. The van der Waals surface area contributed by atoms with Crippen molar-refractivity contribution in [3.8, 4) is 22.7 Å². The second kappa shape index (κ2) is 8.23. The van der Waals surface area contributed by atoms with Crippen molar-refractivity contribution >= 4 is 46.1 Å². The first-order valence-electron chi connectivity index (χ1n) is 8.37. The van der Waals surface area contributed by atoms with E-state index in [0.29, 0.717) is 38.6 Å². The number of nitrogens with zero attached hydrogens (tertiary/aromatic N) is 2. The zero-order chi connectivity index (χ0) is 19.7. The van der Waals surface area contributed by atoms with Crippen molar-refractivity contribution < 1.29 is 4.52 Å². The molecule has 0 saturated carbocycles. The molecule has 0 spiro atoms. The van der Waals surface area contributed by atoms with E-state index < -0.39 is 0 Å². The standard InChI is InChI=1S/C20H14Cl3N3OS/c21-12-3-1-11(2-4-12)7-16(24)20-25-18(10-28-20)19-9-17(26-27-19)14-6-5-13(22)8-15(14)23/h1-6,8-10,16H,7,24H2. The smallest absolute Gasteiger partial charge is 0.186 e. The maximum absolute atomic E-state index is 6.33. The highest BCUT2D eigenvalue weighted by Crippen LogP contribution is 2.33. The van der Waals surface area contributed by atoms with Crippen molar-refractivity contribution in [3.63, 3.8) is 0 Å². The molecule has 1 atom stereocenters. The Morgan fingerprint density at radius 2 is 1.71 bits per heavy atom. The molecule has 0 aliphatic heterocycles. The van der Waals surface area contributed by atoms with Crippen LogP contribution in [0.2, 0.25) is 15.1 Å². The van der Waals surface area contributed by atoms with Crippen LogP contribution in [0.15, 0.2) is 58.4 Å². The van der Waals surface area contributed by atoms with E-state index in [4.69, 9.17) is 45.1 Å². The predicted molar refractivity (Wildman–Crippen MR) is 115 cm³/mol. The lowest BCUT2D eigenvalue weighted by atomic mass is 10.1. The molecule has 2 aromatic heterocycles. The Balaban J connectivity index is 1.53. The summed E-state index contributed by atoms with van der Waals surface area (Å²) in [6.45, 7) is 0. The number of benzene rings is 2. The van der Waals surface area contributed by atoms with Crippen LogP contribution in [0.3, 0.4) is 0 Å². The van der Waals surface area contributed by atoms with Gasteiger partial charge in [-0.25, -0.2) is 4.98 Å². The van der Waals surface area contributed by atoms with Gasteiger partial charge in [-0.05, 0) is 42.3 Å². The summed E-state index contributed by atoms with van der Waals surface area (Å²) >= 11 is 19.6. The van der Waals surface area contributed by atoms with Crippen LogP contribution in [0.25, 0.3) is 22.7 Å². The molecular formula is C20H14Cl3N3OS. The quantitative estimate of drug-likeness (QED) is 0.369. The van der Waals surface area contributed by atoms with Gasteiger partial charge in [-0.3, -0.25) is 0 Å². The average molecular weight is 451 g/mol. The van der Waals surface area contributed by atoms with E-state index in [2.05, 4.69) is 10.1 Å². The SMILES string of the molecule is NC(Cc1ccc(Cl)cc1)c1nc(-c2cc(-c3ccc(Cl)cc3Cl)no2)cs1. The molecule has 2 heterocycles. The van der Waals surface area contributed by atoms with Gasteiger partial charge in [0.25, 0.3) is 0 Å². The molecule has 28 heavy (non-hydrogen) atoms. The van der Waals surface area contributed by atoms with Gasteiger partial charge in [-0.15, -0.1) is 11.3 Å². The molecular weight excluding hydrogens is 437 g/mol. The molecule has 4 nitrogen and oxygen atoms in total. The van der Waals surface area contributed by atoms with Gasteiger partial charge >= 0.3 is 0 Å². The van der Waals surface area contributed by atoms with E-state index in [1.807, 2.05) is 29.6 Å². The Kier molecular flexibility index (Phi) is 5.71. The van der Waals surface area contributed by atoms with Crippen LogP contribution in [0.1, 0.15) is 16.6 Å². The van der Waals surface area contributed by atoms with Gasteiger partial charge in [-0.1, -0.05) is 52.1 Å². The van der Waals surface area contributed by atoms with Crippen molar-refractivity contribution in [1.29, 1.82) is 0 Å². The van der Waals surface area contributed by atoms with E-state index >= 15 is 0 Å². The molecule has 4 aromatic rings. The maximum atomic E-state index is 6.33. The first-order valence-corrected chi connectivity index (χ1v) is 10.4. The minimum Gasteiger partial charge on any atom is -0.354 e. The number of aromatic nitrogens is 2. The first-order chi connectivity index (χ1) is 13.5. The number of hydrogen-bond donors (Lipinski definition) is 1. The van der Waals surface area contributed by atoms with E-state index in [1.54, 1.807) is 24.3 Å². The molecule has 1 unspecified atom stereocenters. The zero-order valence-electron chi connectivity index (χ0n) is 14.4. The summed E-state index contributed by atoms with van der Waals surface area (Å²) in [5, 5.41) is 8.62. The number of nitrogens with two attached hydrogens (primary N) is 1. The number of rotatable bonds is 5. The molecule has 0 saturated heterocycles. The van der Waals surface area contributed by atoms with Gasteiger partial charge in [-0.2, -0.15) is 0 Å². The third-order valence-electron chi connectivity index (χ3n) is 4.18.